The van der Waals surface area contributed by atoms with Gasteiger partial charge in [-0.25, -0.2) is 0 Å². The monoisotopic (exact) mass is 246 g/mol. The predicted octanol–water partition coefficient (Wildman–Crippen LogP) is 3.73. The SMILES string of the molecule is CC(C)[C@H]1CC[C@H](N(C)Cc2ccccn2)CC1. The van der Waals surface area contributed by atoms with Crippen LogP contribution in [0.1, 0.15) is 45.2 Å². The second-order valence-electron chi connectivity index (χ2n) is 6.05. The summed E-state index contributed by atoms with van der Waals surface area (Å²) in [6.07, 6.45) is 7.39. The largest absolute Gasteiger partial charge is 0.298 e. The highest BCUT2D eigenvalue weighted by atomic mass is 15.1. The zero-order chi connectivity index (χ0) is 13.0. The minimum Gasteiger partial charge on any atom is -0.298 e. The van der Waals surface area contributed by atoms with Crippen LogP contribution in [0.15, 0.2) is 24.4 Å². The number of pyridine rings is 1. The van der Waals surface area contributed by atoms with E-state index in [9.17, 15) is 0 Å². The average molecular weight is 246 g/mol. The van der Waals surface area contributed by atoms with Gasteiger partial charge in [0.05, 0.1) is 5.69 Å². The van der Waals surface area contributed by atoms with Crippen LogP contribution in [0, 0.1) is 11.8 Å². The summed E-state index contributed by atoms with van der Waals surface area (Å²) in [5.41, 5.74) is 1.19. The zero-order valence-corrected chi connectivity index (χ0v) is 12.0. The molecule has 0 aromatic carbocycles. The van der Waals surface area contributed by atoms with E-state index in [-0.39, 0.29) is 0 Å². The van der Waals surface area contributed by atoms with Gasteiger partial charge in [0.1, 0.15) is 0 Å². The van der Waals surface area contributed by atoms with Gasteiger partial charge in [0, 0.05) is 18.8 Å². The van der Waals surface area contributed by atoms with E-state index in [0.717, 1.165) is 24.4 Å². The van der Waals surface area contributed by atoms with Gasteiger partial charge in [0.25, 0.3) is 0 Å². The molecule has 0 saturated heterocycles. The van der Waals surface area contributed by atoms with Crippen molar-refractivity contribution in [2.24, 2.45) is 11.8 Å². The third-order valence-electron chi connectivity index (χ3n) is 4.45. The summed E-state index contributed by atoms with van der Waals surface area (Å²) in [6.45, 7) is 5.71. The van der Waals surface area contributed by atoms with E-state index in [0.29, 0.717) is 0 Å². The first-order valence-electron chi connectivity index (χ1n) is 7.27. The van der Waals surface area contributed by atoms with Crippen LogP contribution in [-0.2, 0) is 6.54 Å². The van der Waals surface area contributed by atoms with Crippen molar-refractivity contribution in [3.63, 3.8) is 0 Å². The van der Waals surface area contributed by atoms with Crippen molar-refractivity contribution in [1.29, 1.82) is 0 Å². The lowest BCUT2D eigenvalue weighted by atomic mass is 9.79. The summed E-state index contributed by atoms with van der Waals surface area (Å²) in [7, 11) is 2.25. The van der Waals surface area contributed by atoms with Gasteiger partial charge >= 0.3 is 0 Å². The Bertz CT molecular complexity index is 339. The van der Waals surface area contributed by atoms with Gasteiger partial charge in [-0.1, -0.05) is 19.9 Å². The molecule has 1 saturated carbocycles. The van der Waals surface area contributed by atoms with Gasteiger partial charge in [0.2, 0.25) is 0 Å². The number of aromatic nitrogens is 1. The van der Waals surface area contributed by atoms with Crippen molar-refractivity contribution in [3.8, 4) is 0 Å². The zero-order valence-electron chi connectivity index (χ0n) is 12.0. The van der Waals surface area contributed by atoms with Crippen molar-refractivity contribution >= 4 is 0 Å². The molecule has 0 atom stereocenters. The quantitative estimate of drug-likeness (QED) is 0.804. The minimum atomic E-state index is 0.752. The van der Waals surface area contributed by atoms with Crippen LogP contribution in [0.2, 0.25) is 0 Å². The lowest BCUT2D eigenvalue weighted by Crippen LogP contribution is -2.35. The highest BCUT2D eigenvalue weighted by Crippen LogP contribution is 2.32. The van der Waals surface area contributed by atoms with Crippen LogP contribution in [0.3, 0.4) is 0 Å². The van der Waals surface area contributed by atoms with E-state index in [1.54, 1.807) is 0 Å². The fraction of sp³-hybridized carbons (Fsp3) is 0.688. The maximum Gasteiger partial charge on any atom is 0.0543 e. The highest BCUT2D eigenvalue weighted by molar-refractivity contribution is 5.03. The topological polar surface area (TPSA) is 16.1 Å². The molecule has 100 valence electrons. The molecule has 1 aromatic rings. The normalized spacial score (nSPS) is 24.7. The van der Waals surface area contributed by atoms with Crippen LogP contribution in [0.25, 0.3) is 0 Å². The molecule has 0 aliphatic heterocycles. The van der Waals surface area contributed by atoms with Crippen molar-refractivity contribution in [3.05, 3.63) is 30.1 Å². The molecule has 2 rings (SSSR count). The number of rotatable bonds is 4. The molecule has 0 spiro atoms. The molecule has 0 radical (unpaired) electrons. The van der Waals surface area contributed by atoms with Crippen molar-refractivity contribution in [2.45, 2.75) is 52.1 Å². The van der Waals surface area contributed by atoms with Crippen molar-refractivity contribution in [2.75, 3.05) is 7.05 Å². The molecule has 1 aliphatic rings. The lowest BCUT2D eigenvalue weighted by molar-refractivity contribution is 0.141. The first-order chi connectivity index (χ1) is 8.66. The van der Waals surface area contributed by atoms with Gasteiger partial charge in [-0.05, 0) is 56.7 Å². The molecule has 1 heterocycles. The Kier molecular flexibility index (Phi) is 4.76. The summed E-state index contributed by atoms with van der Waals surface area (Å²) in [5.74, 6) is 1.80. The molecule has 2 nitrogen and oxygen atoms in total. The Morgan fingerprint density at radius 2 is 1.94 bits per heavy atom. The predicted molar refractivity (Wildman–Crippen MR) is 76.3 cm³/mol. The van der Waals surface area contributed by atoms with E-state index in [1.807, 2.05) is 12.3 Å². The van der Waals surface area contributed by atoms with Crippen LogP contribution in [0.5, 0.6) is 0 Å². The Balaban J connectivity index is 1.82. The first kappa shape index (κ1) is 13.5. The van der Waals surface area contributed by atoms with Gasteiger partial charge in [-0.2, -0.15) is 0 Å². The number of hydrogen-bond acceptors (Lipinski definition) is 2. The van der Waals surface area contributed by atoms with Crippen LogP contribution >= 0.6 is 0 Å². The molecule has 0 unspecified atom stereocenters. The van der Waals surface area contributed by atoms with Crippen molar-refractivity contribution in [1.82, 2.24) is 9.88 Å². The molecular weight excluding hydrogens is 220 g/mol. The molecule has 1 aliphatic carbocycles. The minimum absolute atomic E-state index is 0.752. The smallest absolute Gasteiger partial charge is 0.0543 e. The van der Waals surface area contributed by atoms with E-state index < -0.39 is 0 Å². The number of hydrogen-bond donors (Lipinski definition) is 0. The molecule has 0 bridgehead atoms. The van der Waals surface area contributed by atoms with E-state index in [2.05, 4.69) is 42.9 Å². The fourth-order valence-electron chi connectivity index (χ4n) is 3.09. The number of nitrogens with zero attached hydrogens (tertiary/aromatic N) is 2. The maximum absolute atomic E-state index is 4.42. The van der Waals surface area contributed by atoms with E-state index in [1.165, 1.54) is 31.4 Å². The van der Waals surface area contributed by atoms with Gasteiger partial charge in [-0.3, -0.25) is 9.88 Å². The Morgan fingerprint density at radius 1 is 1.22 bits per heavy atom. The average Bonchev–Trinajstić information content (AvgIpc) is 2.40. The van der Waals surface area contributed by atoms with Gasteiger partial charge in [0.15, 0.2) is 0 Å². The molecule has 1 fully saturated rings. The van der Waals surface area contributed by atoms with Crippen molar-refractivity contribution < 1.29 is 0 Å². The summed E-state index contributed by atoms with van der Waals surface area (Å²) in [4.78, 5) is 6.90. The van der Waals surface area contributed by atoms with Crippen LogP contribution in [0.4, 0.5) is 0 Å². The van der Waals surface area contributed by atoms with Crippen LogP contribution in [-0.4, -0.2) is 23.0 Å². The Hall–Kier alpha value is -0.890. The highest BCUT2D eigenvalue weighted by Gasteiger charge is 2.25. The lowest BCUT2D eigenvalue weighted by Gasteiger charge is -2.36. The fourth-order valence-corrected chi connectivity index (χ4v) is 3.09. The maximum atomic E-state index is 4.42. The summed E-state index contributed by atoms with van der Waals surface area (Å²) < 4.78 is 0. The summed E-state index contributed by atoms with van der Waals surface area (Å²) >= 11 is 0. The van der Waals surface area contributed by atoms with Crippen LogP contribution < -0.4 is 0 Å². The molecule has 2 heteroatoms. The van der Waals surface area contributed by atoms with E-state index >= 15 is 0 Å². The summed E-state index contributed by atoms with van der Waals surface area (Å²) in [6, 6.07) is 6.93. The molecule has 0 amide bonds. The molecule has 18 heavy (non-hydrogen) atoms. The van der Waals surface area contributed by atoms with Gasteiger partial charge in [-0.15, -0.1) is 0 Å². The Labute approximate surface area is 111 Å². The van der Waals surface area contributed by atoms with Gasteiger partial charge < -0.3 is 0 Å². The molecule has 0 N–H and O–H groups in total. The standard InChI is InChI=1S/C16H26N2/c1-13(2)14-7-9-16(10-8-14)18(3)12-15-6-4-5-11-17-15/h4-6,11,13-14,16H,7-10,12H2,1-3H3/t14-,16-. The summed E-state index contributed by atoms with van der Waals surface area (Å²) in [5, 5.41) is 0. The first-order valence-corrected chi connectivity index (χ1v) is 7.27. The molecular formula is C16H26N2. The van der Waals surface area contributed by atoms with E-state index in [4.69, 9.17) is 0 Å². The third-order valence-corrected chi connectivity index (χ3v) is 4.45. The third kappa shape index (κ3) is 3.55. The second-order valence-corrected chi connectivity index (χ2v) is 6.05. The second kappa shape index (κ2) is 6.33. The molecule has 1 aromatic heterocycles. The Morgan fingerprint density at radius 3 is 2.50 bits per heavy atom.